The molecule has 1 heterocycles. The number of hydrogen-bond acceptors (Lipinski definition) is 4. The molecule has 0 amide bonds. The third kappa shape index (κ3) is 1.20. The Kier molecular flexibility index (Phi) is 1.64. The normalized spacial score (nSPS) is 9.85. The summed E-state index contributed by atoms with van der Waals surface area (Å²) in [5, 5.41) is 8.62. The fourth-order valence-corrected chi connectivity index (χ4v) is 1.06. The first-order chi connectivity index (χ1) is 6.33. The third-order valence-electron chi connectivity index (χ3n) is 1.67. The second-order valence-corrected chi connectivity index (χ2v) is 2.48. The first kappa shape index (κ1) is 7.62. The molecule has 1 aromatic heterocycles. The largest absolute Gasteiger partial charge is 0.453 e. The molecule has 0 aliphatic rings. The summed E-state index contributed by atoms with van der Waals surface area (Å²) in [4.78, 5) is 4.00. The first-order valence-corrected chi connectivity index (χ1v) is 3.68. The number of aromatic nitrogens is 1. The van der Waals surface area contributed by atoms with E-state index in [1.165, 1.54) is 7.11 Å². The number of methoxy groups -OCH3 is 1. The zero-order valence-electron chi connectivity index (χ0n) is 6.94. The number of fused-ring (bicyclic) bond motifs is 1. The van der Waals surface area contributed by atoms with Gasteiger partial charge in [-0.25, -0.2) is 0 Å². The number of benzene rings is 1. The van der Waals surface area contributed by atoms with Crippen LogP contribution in [0.4, 0.5) is 0 Å². The van der Waals surface area contributed by atoms with Crippen LogP contribution in [0.3, 0.4) is 0 Å². The minimum Gasteiger partial charge on any atom is -0.453 e. The quantitative estimate of drug-likeness (QED) is 0.660. The number of rotatable bonds is 1. The maximum absolute atomic E-state index is 8.62. The predicted octanol–water partition coefficient (Wildman–Crippen LogP) is 1.71. The molecule has 4 heteroatoms. The van der Waals surface area contributed by atoms with Crippen LogP contribution in [0.25, 0.3) is 11.1 Å². The van der Waals surface area contributed by atoms with Crippen LogP contribution in [0.2, 0.25) is 0 Å². The van der Waals surface area contributed by atoms with E-state index in [-0.39, 0.29) is 6.08 Å². The summed E-state index contributed by atoms with van der Waals surface area (Å²) >= 11 is 0. The Labute approximate surface area is 74.4 Å². The van der Waals surface area contributed by atoms with Gasteiger partial charge >= 0.3 is 6.08 Å². The van der Waals surface area contributed by atoms with E-state index < -0.39 is 0 Å². The van der Waals surface area contributed by atoms with Gasteiger partial charge in [-0.05, 0) is 18.2 Å². The van der Waals surface area contributed by atoms with E-state index in [0.29, 0.717) is 16.7 Å². The van der Waals surface area contributed by atoms with Crippen molar-refractivity contribution < 1.29 is 9.15 Å². The van der Waals surface area contributed by atoms with Crippen molar-refractivity contribution in [1.82, 2.24) is 4.98 Å². The van der Waals surface area contributed by atoms with Gasteiger partial charge in [-0.2, -0.15) is 10.2 Å². The van der Waals surface area contributed by atoms with E-state index in [2.05, 4.69) is 4.98 Å². The lowest BCUT2D eigenvalue weighted by Crippen LogP contribution is -1.79. The molecule has 4 nitrogen and oxygen atoms in total. The Balaban J connectivity index is 2.65. The molecular formula is C9H6N2O2. The maximum atomic E-state index is 8.62. The predicted molar refractivity (Wildman–Crippen MR) is 45.3 cm³/mol. The van der Waals surface area contributed by atoms with Gasteiger partial charge in [0.25, 0.3) is 0 Å². The van der Waals surface area contributed by atoms with Crippen molar-refractivity contribution in [3.63, 3.8) is 0 Å². The number of oxazole rings is 1. The van der Waals surface area contributed by atoms with Gasteiger partial charge in [0, 0.05) is 0 Å². The van der Waals surface area contributed by atoms with Gasteiger partial charge in [-0.3, -0.25) is 0 Å². The summed E-state index contributed by atoms with van der Waals surface area (Å²) in [7, 11) is 1.48. The topological polar surface area (TPSA) is 59.0 Å². The van der Waals surface area contributed by atoms with Crippen LogP contribution in [-0.2, 0) is 0 Å². The summed E-state index contributed by atoms with van der Waals surface area (Å²) in [6.45, 7) is 0. The van der Waals surface area contributed by atoms with Crippen LogP contribution in [0.1, 0.15) is 5.56 Å². The molecule has 0 aliphatic heterocycles. The van der Waals surface area contributed by atoms with Gasteiger partial charge in [0.05, 0.1) is 18.7 Å². The van der Waals surface area contributed by atoms with Crippen LogP contribution in [0.15, 0.2) is 22.6 Å². The van der Waals surface area contributed by atoms with Crippen molar-refractivity contribution in [2.45, 2.75) is 0 Å². The van der Waals surface area contributed by atoms with Gasteiger partial charge < -0.3 is 9.15 Å². The van der Waals surface area contributed by atoms with Crippen molar-refractivity contribution in [1.29, 1.82) is 5.26 Å². The van der Waals surface area contributed by atoms with Crippen LogP contribution in [0.5, 0.6) is 6.08 Å². The molecule has 2 rings (SSSR count). The molecule has 0 radical (unpaired) electrons. The molecule has 0 unspecified atom stereocenters. The molecular weight excluding hydrogens is 168 g/mol. The summed E-state index contributed by atoms with van der Waals surface area (Å²) in [6, 6.07) is 7.05. The average Bonchev–Trinajstić information content (AvgIpc) is 2.58. The van der Waals surface area contributed by atoms with E-state index >= 15 is 0 Å². The van der Waals surface area contributed by atoms with E-state index in [0.717, 1.165) is 0 Å². The van der Waals surface area contributed by atoms with Crippen molar-refractivity contribution in [3.05, 3.63) is 23.8 Å². The third-order valence-corrected chi connectivity index (χ3v) is 1.67. The monoisotopic (exact) mass is 174 g/mol. The number of ether oxygens (including phenoxy) is 1. The molecule has 13 heavy (non-hydrogen) atoms. The van der Waals surface area contributed by atoms with E-state index in [4.69, 9.17) is 14.4 Å². The average molecular weight is 174 g/mol. The van der Waals surface area contributed by atoms with Crippen LogP contribution in [-0.4, -0.2) is 12.1 Å². The van der Waals surface area contributed by atoms with Crippen molar-refractivity contribution >= 4 is 11.1 Å². The molecule has 2 aromatic rings. The van der Waals surface area contributed by atoms with Crippen LogP contribution in [0, 0.1) is 11.3 Å². The molecule has 0 atom stereocenters. The SMILES string of the molecule is COc1nc2cc(C#N)ccc2o1. The minimum absolute atomic E-state index is 0.213. The molecule has 0 aliphatic carbocycles. The highest BCUT2D eigenvalue weighted by molar-refractivity contribution is 5.74. The highest BCUT2D eigenvalue weighted by Gasteiger charge is 2.05. The number of nitrogens with zero attached hydrogens (tertiary/aromatic N) is 2. The Morgan fingerprint density at radius 3 is 3.08 bits per heavy atom. The summed E-state index contributed by atoms with van der Waals surface area (Å²) in [6.07, 6.45) is 0.213. The Bertz CT molecular complexity index is 482. The highest BCUT2D eigenvalue weighted by atomic mass is 16.6. The van der Waals surface area contributed by atoms with Crippen molar-refractivity contribution in [2.24, 2.45) is 0 Å². The van der Waals surface area contributed by atoms with Gasteiger partial charge in [0.2, 0.25) is 0 Å². The maximum Gasteiger partial charge on any atom is 0.394 e. The lowest BCUT2D eigenvalue weighted by Gasteiger charge is -1.85. The fourth-order valence-electron chi connectivity index (χ4n) is 1.06. The molecule has 0 N–H and O–H groups in total. The van der Waals surface area contributed by atoms with Gasteiger partial charge in [0.1, 0.15) is 5.52 Å². The van der Waals surface area contributed by atoms with Gasteiger partial charge in [0.15, 0.2) is 5.58 Å². The standard InChI is InChI=1S/C9H6N2O2/c1-12-9-11-7-4-6(5-10)2-3-8(7)13-9/h2-4H,1H3. The molecule has 0 fully saturated rings. The summed E-state index contributed by atoms with van der Waals surface area (Å²) < 4.78 is 9.99. The number of nitriles is 1. The summed E-state index contributed by atoms with van der Waals surface area (Å²) in [5.74, 6) is 0. The van der Waals surface area contributed by atoms with E-state index in [1.807, 2.05) is 6.07 Å². The lowest BCUT2D eigenvalue weighted by atomic mass is 10.2. The lowest BCUT2D eigenvalue weighted by molar-refractivity contribution is 0.299. The summed E-state index contributed by atoms with van der Waals surface area (Å²) in [5.41, 5.74) is 1.82. The van der Waals surface area contributed by atoms with Crippen molar-refractivity contribution in [2.75, 3.05) is 7.11 Å². The first-order valence-electron chi connectivity index (χ1n) is 3.68. The van der Waals surface area contributed by atoms with E-state index in [1.54, 1.807) is 18.2 Å². The zero-order chi connectivity index (χ0) is 9.26. The Morgan fingerprint density at radius 1 is 1.54 bits per heavy atom. The molecule has 0 spiro atoms. The van der Waals surface area contributed by atoms with Crippen molar-refractivity contribution in [3.8, 4) is 12.1 Å². The van der Waals surface area contributed by atoms with Gasteiger partial charge in [-0.15, -0.1) is 0 Å². The highest BCUT2D eigenvalue weighted by Crippen LogP contribution is 2.20. The smallest absolute Gasteiger partial charge is 0.394 e. The second kappa shape index (κ2) is 2.79. The molecule has 64 valence electrons. The van der Waals surface area contributed by atoms with Crippen LogP contribution >= 0.6 is 0 Å². The molecule has 0 saturated carbocycles. The Morgan fingerprint density at radius 2 is 2.38 bits per heavy atom. The van der Waals surface area contributed by atoms with E-state index in [9.17, 15) is 0 Å². The van der Waals surface area contributed by atoms with Gasteiger partial charge in [-0.1, -0.05) is 0 Å². The minimum atomic E-state index is 0.213. The van der Waals surface area contributed by atoms with Crippen LogP contribution < -0.4 is 4.74 Å². The second-order valence-electron chi connectivity index (χ2n) is 2.48. The molecule has 0 bridgehead atoms. The number of hydrogen-bond donors (Lipinski definition) is 0. The zero-order valence-corrected chi connectivity index (χ0v) is 6.94. The molecule has 1 aromatic carbocycles. The fraction of sp³-hybridized carbons (Fsp3) is 0.111. The Hall–Kier alpha value is -2.02. The molecule has 0 saturated heterocycles.